The Morgan fingerprint density at radius 2 is 2.06 bits per heavy atom. The SMILES string of the molecule is Cc1cccc(C)c1CC(NN)c1cn[nH]n1. The van der Waals surface area contributed by atoms with Gasteiger partial charge in [0.2, 0.25) is 0 Å². The van der Waals surface area contributed by atoms with Crippen LogP contribution in [0.2, 0.25) is 0 Å². The van der Waals surface area contributed by atoms with E-state index in [0.717, 1.165) is 12.1 Å². The molecule has 2 rings (SSSR count). The van der Waals surface area contributed by atoms with Crippen molar-refractivity contribution in [3.8, 4) is 0 Å². The Kier molecular flexibility index (Phi) is 3.51. The fourth-order valence-corrected chi connectivity index (χ4v) is 2.00. The number of aromatic nitrogens is 3. The van der Waals surface area contributed by atoms with E-state index < -0.39 is 0 Å². The zero-order chi connectivity index (χ0) is 12.3. The number of aryl methyl sites for hydroxylation is 2. The van der Waals surface area contributed by atoms with E-state index in [4.69, 9.17) is 5.84 Å². The standard InChI is InChI=1S/C12H17N5/c1-8-4-3-5-9(2)10(8)6-11(15-13)12-7-14-17-16-12/h3-5,7,11,15H,6,13H2,1-2H3,(H,14,16,17). The van der Waals surface area contributed by atoms with Gasteiger partial charge in [-0.1, -0.05) is 18.2 Å². The molecule has 1 unspecified atom stereocenters. The number of hydrogen-bond acceptors (Lipinski definition) is 4. The lowest BCUT2D eigenvalue weighted by Gasteiger charge is -2.16. The molecule has 0 aliphatic rings. The molecule has 4 N–H and O–H groups in total. The van der Waals surface area contributed by atoms with Gasteiger partial charge in [-0.3, -0.25) is 11.3 Å². The van der Waals surface area contributed by atoms with Crippen LogP contribution in [0, 0.1) is 13.8 Å². The Labute approximate surface area is 100 Å². The molecule has 0 amide bonds. The minimum absolute atomic E-state index is 0.0199. The molecule has 0 aliphatic heterocycles. The Morgan fingerprint density at radius 1 is 1.35 bits per heavy atom. The molecule has 0 spiro atoms. The number of benzene rings is 1. The van der Waals surface area contributed by atoms with Crippen LogP contribution in [0.4, 0.5) is 0 Å². The van der Waals surface area contributed by atoms with Gasteiger partial charge in [-0.2, -0.15) is 15.4 Å². The second-order valence-corrected chi connectivity index (χ2v) is 4.19. The maximum absolute atomic E-state index is 5.58. The second kappa shape index (κ2) is 5.07. The van der Waals surface area contributed by atoms with Gasteiger partial charge in [-0.15, -0.1) is 0 Å². The number of aromatic amines is 1. The average Bonchev–Trinajstić information content (AvgIpc) is 2.82. The Hall–Kier alpha value is -1.72. The third-order valence-electron chi connectivity index (χ3n) is 3.04. The third kappa shape index (κ3) is 2.51. The molecule has 1 heterocycles. The molecule has 2 aromatic rings. The van der Waals surface area contributed by atoms with Crippen LogP contribution < -0.4 is 11.3 Å². The van der Waals surface area contributed by atoms with Crippen molar-refractivity contribution in [2.75, 3.05) is 0 Å². The fourth-order valence-electron chi connectivity index (χ4n) is 2.00. The molecule has 90 valence electrons. The number of hydrazine groups is 1. The van der Waals surface area contributed by atoms with Gasteiger partial charge in [0.05, 0.1) is 12.2 Å². The molecular formula is C12H17N5. The van der Waals surface area contributed by atoms with Crippen LogP contribution in [-0.4, -0.2) is 15.4 Å². The lowest BCUT2D eigenvalue weighted by molar-refractivity contribution is 0.535. The van der Waals surface area contributed by atoms with Gasteiger partial charge >= 0.3 is 0 Å². The topological polar surface area (TPSA) is 79.6 Å². The summed E-state index contributed by atoms with van der Waals surface area (Å²) in [6.45, 7) is 4.22. The molecule has 0 aliphatic carbocycles. The summed E-state index contributed by atoms with van der Waals surface area (Å²) in [6, 6.07) is 6.26. The highest BCUT2D eigenvalue weighted by molar-refractivity contribution is 5.34. The van der Waals surface area contributed by atoms with Crippen molar-refractivity contribution in [1.29, 1.82) is 0 Å². The van der Waals surface area contributed by atoms with E-state index in [2.05, 4.69) is 52.9 Å². The van der Waals surface area contributed by atoms with Crippen molar-refractivity contribution in [2.45, 2.75) is 26.3 Å². The first-order chi connectivity index (χ1) is 8.22. The van der Waals surface area contributed by atoms with Crippen molar-refractivity contribution < 1.29 is 0 Å². The summed E-state index contributed by atoms with van der Waals surface area (Å²) in [5, 5.41) is 10.5. The minimum Gasteiger partial charge on any atom is -0.271 e. The molecule has 0 fully saturated rings. The summed E-state index contributed by atoms with van der Waals surface area (Å²) < 4.78 is 0. The number of H-pyrrole nitrogens is 1. The third-order valence-corrected chi connectivity index (χ3v) is 3.04. The van der Waals surface area contributed by atoms with E-state index in [1.807, 2.05) is 0 Å². The zero-order valence-corrected chi connectivity index (χ0v) is 10.1. The van der Waals surface area contributed by atoms with E-state index in [1.54, 1.807) is 6.20 Å². The highest BCUT2D eigenvalue weighted by Crippen LogP contribution is 2.20. The van der Waals surface area contributed by atoms with E-state index in [0.29, 0.717) is 0 Å². The monoisotopic (exact) mass is 231 g/mol. The van der Waals surface area contributed by atoms with E-state index in [-0.39, 0.29) is 6.04 Å². The van der Waals surface area contributed by atoms with Crippen molar-refractivity contribution >= 4 is 0 Å². The first-order valence-electron chi connectivity index (χ1n) is 5.59. The zero-order valence-electron chi connectivity index (χ0n) is 10.1. The Bertz CT molecular complexity index is 457. The molecule has 5 nitrogen and oxygen atoms in total. The number of hydrogen-bond donors (Lipinski definition) is 3. The number of nitrogens with two attached hydrogens (primary N) is 1. The molecule has 1 atom stereocenters. The summed E-state index contributed by atoms with van der Waals surface area (Å²) >= 11 is 0. The molecule has 5 heteroatoms. The number of nitrogens with zero attached hydrogens (tertiary/aromatic N) is 2. The van der Waals surface area contributed by atoms with Gasteiger partial charge in [0.25, 0.3) is 0 Å². The quantitative estimate of drug-likeness (QED) is 0.545. The van der Waals surface area contributed by atoms with E-state index >= 15 is 0 Å². The van der Waals surface area contributed by atoms with Gasteiger partial charge in [-0.05, 0) is 37.0 Å². The summed E-state index contributed by atoms with van der Waals surface area (Å²) in [5.74, 6) is 5.58. The summed E-state index contributed by atoms with van der Waals surface area (Å²) in [6.07, 6.45) is 2.50. The second-order valence-electron chi connectivity index (χ2n) is 4.19. The van der Waals surface area contributed by atoms with Crippen LogP contribution >= 0.6 is 0 Å². The molecule has 0 saturated carbocycles. The fraction of sp³-hybridized carbons (Fsp3) is 0.333. The van der Waals surface area contributed by atoms with Crippen molar-refractivity contribution in [3.05, 3.63) is 46.8 Å². The van der Waals surface area contributed by atoms with Gasteiger partial charge < -0.3 is 0 Å². The van der Waals surface area contributed by atoms with Gasteiger partial charge in [-0.25, -0.2) is 0 Å². The summed E-state index contributed by atoms with van der Waals surface area (Å²) in [7, 11) is 0. The number of nitrogens with one attached hydrogen (secondary N) is 2. The molecule has 17 heavy (non-hydrogen) atoms. The van der Waals surface area contributed by atoms with Crippen LogP contribution in [0.3, 0.4) is 0 Å². The first kappa shape index (κ1) is 11.8. The average molecular weight is 231 g/mol. The van der Waals surface area contributed by atoms with E-state index in [1.165, 1.54) is 16.7 Å². The van der Waals surface area contributed by atoms with Gasteiger partial charge in [0.15, 0.2) is 0 Å². The predicted molar refractivity (Wildman–Crippen MR) is 66.1 cm³/mol. The van der Waals surface area contributed by atoms with Gasteiger partial charge in [0, 0.05) is 0 Å². The van der Waals surface area contributed by atoms with Gasteiger partial charge in [0.1, 0.15) is 5.69 Å². The van der Waals surface area contributed by atoms with E-state index in [9.17, 15) is 0 Å². The molecule has 0 bridgehead atoms. The molecule has 0 radical (unpaired) electrons. The normalized spacial score (nSPS) is 12.6. The van der Waals surface area contributed by atoms with Crippen LogP contribution in [0.15, 0.2) is 24.4 Å². The summed E-state index contributed by atoms with van der Waals surface area (Å²) in [5.41, 5.74) is 7.46. The largest absolute Gasteiger partial charge is 0.271 e. The molecule has 0 saturated heterocycles. The number of rotatable bonds is 4. The van der Waals surface area contributed by atoms with Crippen LogP contribution in [0.25, 0.3) is 0 Å². The Morgan fingerprint density at radius 3 is 2.59 bits per heavy atom. The highest BCUT2D eigenvalue weighted by atomic mass is 15.3. The predicted octanol–water partition coefficient (Wildman–Crippen LogP) is 1.17. The molecule has 1 aromatic heterocycles. The molecule has 1 aromatic carbocycles. The smallest absolute Gasteiger partial charge is 0.101 e. The van der Waals surface area contributed by atoms with Crippen molar-refractivity contribution in [3.63, 3.8) is 0 Å². The maximum atomic E-state index is 5.58. The Balaban J connectivity index is 2.25. The summed E-state index contributed by atoms with van der Waals surface area (Å²) in [4.78, 5) is 0. The lowest BCUT2D eigenvalue weighted by Crippen LogP contribution is -2.30. The van der Waals surface area contributed by atoms with Crippen LogP contribution in [0.1, 0.15) is 28.4 Å². The van der Waals surface area contributed by atoms with Crippen molar-refractivity contribution in [2.24, 2.45) is 5.84 Å². The highest BCUT2D eigenvalue weighted by Gasteiger charge is 2.15. The van der Waals surface area contributed by atoms with Crippen LogP contribution in [0.5, 0.6) is 0 Å². The first-order valence-corrected chi connectivity index (χ1v) is 5.59. The van der Waals surface area contributed by atoms with Crippen molar-refractivity contribution in [1.82, 2.24) is 20.8 Å². The van der Waals surface area contributed by atoms with Crippen LogP contribution in [-0.2, 0) is 6.42 Å². The minimum atomic E-state index is -0.0199. The maximum Gasteiger partial charge on any atom is 0.101 e. The molecular weight excluding hydrogens is 214 g/mol. The lowest BCUT2D eigenvalue weighted by atomic mass is 9.95.